The van der Waals surface area contributed by atoms with Gasteiger partial charge in [0.1, 0.15) is 0 Å². The van der Waals surface area contributed by atoms with Gasteiger partial charge < -0.3 is 5.32 Å². The third kappa shape index (κ3) is 1.74. The van der Waals surface area contributed by atoms with Crippen LogP contribution >= 0.6 is 0 Å². The van der Waals surface area contributed by atoms with Crippen LogP contribution < -0.4 is 5.32 Å². The van der Waals surface area contributed by atoms with Gasteiger partial charge in [-0.05, 0) is 55.3 Å². The lowest BCUT2D eigenvalue weighted by Crippen LogP contribution is -2.24. The number of halogens is 3. The molecule has 0 bridgehead atoms. The Bertz CT molecular complexity index is 451. The number of nitrogens with one attached hydrogen (secondary N) is 1. The first-order valence-electron chi connectivity index (χ1n) is 6.34. The van der Waals surface area contributed by atoms with Crippen molar-refractivity contribution in [3.63, 3.8) is 0 Å². The lowest BCUT2D eigenvalue weighted by Gasteiger charge is -2.15. The van der Waals surface area contributed by atoms with Crippen molar-refractivity contribution in [3.05, 3.63) is 35.4 Å². The zero-order chi connectivity index (χ0) is 13.0. The molecule has 1 spiro atoms. The molecule has 0 aromatic heterocycles. The van der Waals surface area contributed by atoms with Crippen molar-refractivity contribution >= 4 is 0 Å². The molecule has 0 amide bonds. The van der Waals surface area contributed by atoms with Crippen LogP contribution in [0.3, 0.4) is 0 Å². The van der Waals surface area contributed by atoms with Crippen LogP contribution in [0.1, 0.15) is 36.8 Å². The molecule has 1 aromatic carbocycles. The van der Waals surface area contributed by atoms with E-state index >= 15 is 0 Å². The van der Waals surface area contributed by atoms with E-state index in [9.17, 15) is 13.2 Å². The average Bonchev–Trinajstić information content (AvgIpc) is 2.93. The Kier molecular flexibility index (Phi) is 2.49. The third-order valence-electron chi connectivity index (χ3n) is 4.66. The van der Waals surface area contributed by atoms with Gasteiger partial charge in [-0.3, -0.25) is 0 Å². The van der Waals surface area contributed by atoms with Crippen LogP contribution in [-0.4, -0.2) is 12.6 Å². The first-order valence-corrected chi connectivity index (χ1v) is 6.34. The Morgan fingerprint density at radius 1 is 1.22 bits per heavy atom. The van der Waals surface area contributed by atoms with Crippen molar-refractivity contribution < 1.29 is 13.2 Å². The SMILES string of the molecule is CC1NCCC12CC2c1ccc(C(F)(F)F)cc1. The lowest BCUT2D eigenvalue weighted by atomic mass is 9.92. The highest BCUT2D eigenvalue weighted by Gasteiger charge is 2.59. The molecule has 98 valence electrons. The standard InChI is InChI=1S/C14H16F3N/c1-9-13(6-7-18-9)8-12(13)10-2-4-11(5-3-10)14(15,16)17/h2-5,9,12,18H,6-8H2,1H3. The predicted octanol–water partition coefficient (Wildman–Crippen LogP) is 3.56. The predicted molar refractivity (Wildman–Crippen MR) is 63.3 cm³/mol. The topological polar surface area (TPSA) is 12.0 Å². The molecule has 2 aliphatic rings. The van der Waals surface area contributed by atoms with Gasteiger partial charge in [-0.25, -0.2) is 0 Å². The van der Waals surface area contributed by atoms with Crippen molar-refractivity contribution in [2.24, 2.45) is 5.41 Å². The van der Waals surface area contributed by atoms with Crippen molar-refractivity contribution in [1.82, 2.24) is 5.32 Å². The highest BCUT2D eigenvalue weighted by atomic mass is 19.4. The summed E-state index contributed by atoms with van der Waals surface area (Å²) in [5.74, 6) is 0.435. The van der Waals surface area contributed by atoms with Gasteiger partial charge >= 0.3 is 6.18 Å². The maximum Gasteiger partial charge on any atom is 0.416 e. The Morgan fingerprint density at radius 2 is 1.89 bits per heavy atom. The second kappa shape index (κ2) is 3.73. The van der Waals surface area contributed by atoms with Gasteiger partial charge in [0.25, 0.3) is 0 Å². The minimum atomic E-state index is -4.23. The molecule has 1 aromatic rings. The highest BCUT2D eigenvalue weighted by molar-refractivity contribution is 5.35. The summed E-state index contributed by atoms with van der Waals surface area (Å²) < 4.78 is 37.4. The van der Waals surface area contributed by atoms with Crippen LogP contribution in [0.2, 0.25) is 0 Å². The summed E-state index contributed by atoms with van der Waals surface area (Å²) >= 11 is 0. The summed E-state index contributed by atoms with van der Waals surface area (Å²) in [6.45, 7) is 3.20. The zero-order valence-electron chi connectivity index (χ0n) is 10.2. The molecule has 2 fully saturated rings. The van der Waals surface area contributed by atoms with Crippen LogP contribution in [-0.2, 0) is 6.18 Å². The number of rotatable bonds is 1. The number of hydrogen-bond donors (Lipinski definition) is 1. The van der Waals surface area contributed by atoms with Crippen molar-refractivity contribution in [2.75, 3.05) is 6.54 Å². The van der Waals surface area contributed by atoms with E-state index in [0.717, 1.165) is 24.9 Å². The maximum absolute atomic E-state index is 12.5. The molecule has 1 aliphatic carbocycles. The summed E-state index contributed by atoms with van der Waals surface area (Å²) in [6, 6.07) is 6.17. The normalized spacial score (nSPS) is 35.1. The van der Waals surface area contributed by atoms with Crippen molar-refractivity contribution in [2.45, 2.75) is 37.9 Å². The molecule has 0 radical (unpaired) electrons. The highest BCUT2D eigenvalue weighted by Crippen LogP contribution is 2.65. The molecule has 1 nitrogen and oxygen atoms in total. The van der Waals surface area contributed by atoms with Crippen molar-refractivity contribution in [1.29, 1.82) is 0 Å². The van der Waals surface area contributed by atoms with E-state index in [1.807, 2.05) is 0 Å². The molecule has 18 heavy (non-hydrogen) atoms. The van der Waals surface area contributed by atoms with E-state index in [0.29, 0.717) is 17.4 Å². The van der Waals surface area contributed by atoms with Crippen molar-refractivity contribution in [3.8, 4) is 0 Å². The summed E-state index contributed by atoms with van der Waals surface area (Å²) in [7, 11) is 0. The molecule has 1 aliphatic heterocycles. The molecular formula is C14H16F3N. The smallest absolute Gasteiger partial charge is 0.314 e. The second-order valence-electron chi connectivity index (χ2n) is 5.54. The molecule has 3 unspecified atom stereocenters. The van der Waals surface area contributed by atoms with E-state index in [2.05, 4.69) is 12.2 Å². The third-order valence-corrected chi connectivity index (χ3v) is 4.66. The Balaban J connectivity index is 1.80. The van der Waals surface area contributed by atoms with Crippen LogP contribution in [0.5, 0.6) is 0 Å². The summed E-state index contributed by atoms with van der Waals surface area (Å²) in [5, 5.41) is 3.43. The zero-order valence-corrected chi connectivity index (χ0v) is 10.2. The lowest BCUT2D eigenvalue weighted by molar-refractivity contribution is -0.137. The fourth-order valence-electron chi connectivity index (χ4n) is 3.37. The summed E-state index contributed by atoms with van der Waals surface area (Å²) in [5.41, 5.74) is 0.803. The maximum atomic E-state index is 12.5. The second-order valence-corrected chi connectivity index (χ2v) is 5.54. The monoisotopic (exact) mass is 255 g/mol. The average molecular weight is 255 g/mol. The first-order chi connectivity index (χ1) is 8.43. The quantitative estimate of drug-likeness (QED) is 0.809. The summed E-state index contributed by atoms with van der Waals surface area (Å²) in [4.78, 5) is 0. The molecule has 3 atom stereocenters. The molecule has 1 N–H and O–H groups in total. The first kappa shape index (κ1) is 12.0. The van der Waals surface area contributed by atoms with Gasteiger partial charge in [0.05, 0.1) is 5.56 Å². The molecule has 1 saturated carbocycles. The number of alkyl halides is 3. The van der Waals surface area contributed by atoms with E-state index in [1.54, 1.807) is 12.1 Å². The van der Waals surface area contributed by atoms with Gasteiger partial charge in [0.15, 0.2) is 0 Å². The minimum Gasteiger partial charge on any atom is -0.314 e. The molecule has 1 heterocycles. The Hall–Kier alpha value is -1.03. The van der Waals surface area contributed by atoms with Gasteiger partial charge in [0.2, 0.25) is 0 Å². The van der Waals surface area contributed by atoms with Crippen LogP contribution in [0.25, 0.3) is 0 Å². The van der Waals surface area contributed by atoms with Gasteiger partial charge in [-0.2, -0.15) is 13.2 Å². The molecule has 1 saturated heterocycles. The Labute approximate surface area is 104 Å². The summed E-state index contributed by atoms with van der Waals surface area (Å²) in [6.07, 6.45) is -1.99. The van der Waals surface area contributed by atoms with E-state index in [-0.39, 0.29) is 0 Å². The van der Waals surface area contributed by atoms with Crippen LogP contribution in [0.15, 0.2) is 24.3 Å². The van der Waals surface area contributed by atoms with Crippen LogP contribution in [0, 0.1) is 5.41 Å². The van der Waals surface area contributed by atoms with E-state index in [4.69, 9.17) is 0 Å². The largest absolute Gasteiger partial charge is 0.416 e. The van der Waals surface area contributed by atoms with E-state index < -0.39 is 11.7 Å². The van der Waals surface area contributed by atoms with E-state index in [1.165, 1.54) is 12.1 Å². The molecule has 4 heteroatoms. The van der Waals surface area contributed by atoms with Gasteiger partial charge in [-0.15, -0.1) is 0 Å². The fraction of sp³-hybridized carbons (Fsp3) is 0.571. The van der Waals surface area contributed by atoms with Crippen LogP contribution in [0.4, 0.5) is 13.2 Å². The Morgan fingerprint density at radius 3 is 2.39 bits per heavy atom. The number of hydrogen-bond acceptors (Lipinski definition) is 1. The fourth-order valence-corrected chi connectivity index (χ4v) is 3.37. The van der Waals surface area contributed by atoms with Gasteiger partial charge in [-0.1, -0.05) is 12.1 Å². The minimum absolute atomic E-state index is 0.305. The molecule has 3 rings (SSSR count). The molecular weight excluding hydrogens is 239 g/mol. The van der Waals surface area contributed by atoms with Gasteiger partial charge in [0, 0.05) is 6.04 Å². The number of benzene rings is 1.